The molecule has 0 atom stereocenters. The number of amides is 2. The zero-order chi connectivity index (χ0) is 17.1. The summed E-state index contributed by atoms with van der Waals surface area (Å²) in [5.41, 5.74) is 0. The van der Waals surface area contributed by atoms with Gasteiger partial charge in [0.1, 0.15) is 23.9 Å². The number of hydrogen-bond acceptors (Lipinski definition) is 5. The summed E-state index contributed by atoms with van der Waals surface area (Å²) in [6.07, 6.45) is 1.52. The molecule has 0 unspecified atom stereocenters. The zero-order valence-corrected chi connectivity index (χ0v) is 14.6. The molecule has 1 fully saturated rings. The number of hydrogen-bond donors (Lipinski definition) is 0. The summed E-state index contributed by atoms with van der Waals surface area (Å²) < 4.78 is 24.1. The maximum Gasteiger partial charge on any atom is 0.293 e. The summed E-state index contributed by atoms with van der Waals surface area (Å²) in [4.78, 5) is 25.6. The van der Waals surface area contributed by atoms with Gasteiger partial charge in [0.15, 0.2) is 4.67 Å². The molecule has 0 radical (unpaired) electrons. The SMILES string of the molecule is O=C1SC(=Cc2ccc(Br)o2)C(=O)N1CCOc1ccc(F)cc1. The molecule has 1 aliphatic heterocycles. The maximum atomic E-state index is 12.8. The number of rotatable bonds is 5. The van der Waals surface area contributed by atoms with E-state index in [-0.39, 0.29) is 30.1 Å². The Balaban J connectivity index is 1.60. The van der Waals surface area contributed by atoms with Crippen LogP contribution < -0.4 is 4.74 Å². The van der Waals surface area contributed by atoms with E-state index >= 15 is 0 Å². The summed E-state index contributed by atoms with van der Waals surface area (Å²) >= 11 is 4.03. The van der Waals surface area contributed by atoms with Crippen LogP contribution in [0.3, 0.4) is 0 Å². The quantitative estimate of drug-likeness (QED) is 0.686. The molecule has 5 nitrogen and oxygen atoms in total. The Morgan fingerprint density at radius 2 is 1.96 bits per heavy atom. The number of carbonyl (C=O) groups is 2. The van der Waals surface area contributed by atoms with Gasteiger partial charge in [0.25, 0.3) is 11.1 Å². The van der Waals surface area contributed by atoms with Crippen LogP contribution in [0.15, 0.2) is 50.4 Å². The van der Waals surface area contributed by atoms with E-state index < -0.39 is 0 Å². The normalized spacial score (nSPS) is 16.2. The number of halogens is 2. The van der Waals surface area contributed by atoms with Crippen molar-refractivity contribution in [2.75, 3.05) is 13.2 Å². The van der Waals surface area contributed by atoms with Crippen molar-refractivity contribution in [3.05, 3.63) is 57.6 Å². The lowest BCUT2D eigenvalue weighted by Gasteiger charge is -2.13. The first kappa shape index (κ1) is 16.8. The fourth-order valence-electron chi connectivity index (χ4n) is 2.01. The van der Waals surface area contributed by atoms with Gasteiger partial charge in [-0.3, -0.25) is 14.5 Å². The average molecular weight is 412 g/mol. The lowest BCUT2D eigenvalue weighted by molar-refractivity contribution is -0.123. The van der Waals surface area contributed by atoms with Gasteiger partial charge in [-0.1, -0.05) is 0 Å². The summed E-state index contributed by atoms with van der Waals surface area (Å²) in [6.45, 7) is 0.241. The van der Waals surface area contributed by atoms with E-state index in [9.17, 15) is 14.0 Å². The predicted octanol–water partition coefficient (Wildman–Crippen LogP) is 4.30. The molecular weight excluding hydrogens is 401 g/mol. The topological polar surface area (TPSA) is 59.8 Å². The number of furan rings is 1. The van der Waals surface area contributed by atoms with E-state index in [1.54, 1.807) is 12.1 Å². The van der Waals surface area contributed by atoms with Gasteiger partial charge >= 0.3 is 0 Å². The molecule has 2 aromatic rings. The van der Waals surface area contributed by atoms with Crippen LogP contribution in [-0.4, -0.2) is 29.2 Å². The van der Waals surface area contributed by atoms with Crippen LogP contribution in [0.5, 0.6) is 5.75 Å². The Morgan fingerprint density at radius 3 is 2.62 bits per heavy atom. The monoisotopic (exact) mass is 411 g/mol. The van der Waals surface area contributed by atoms with Crippen molar-refractivity contribution in [1.82, 2.24) is 4.90 Å². The zero-order valence-electron chi connectivity index (χ0n) is 12.2. The van der Waals surface area contributed by atoms with E-state index in [4.69, 9.17) is 9.15 Å². The van der Waals surface area contributed by atoms with E-state index in [2.05, 4.69) is 15.9 Å². The minimum atomic E-state index is -0.389. The number of carbonyl (C=O) groups excluding carboxylic acids is 2. The summed E-state index contributed by atoms with van der Waals surface area (Å²) in [7, 11) is 0. The lowest BCUT2D eigenvalue weighted by atomic mass is 10.3. The highest BCUT2D eigenvalue weighted by atomic mass is 79.9. The Bertz CT molecular complexity index is 803. The van der Waals surface area contributed by atoms with Gasteiger partial charge in [-0.25, -0.2) is 4.39 Å². The minimum Gasteiger partial charge on any atom is -0.492 e. The molecule has 0 spiro atoms. The first-order valence-corrected chi connectivity index (χ1v) is 8.53. The number of benzene rings is 1. The molecule has 1 aromatic carbocycles. The molecule has 124 valence electrons. The van der Waals surface area contributed by atoms with Gasteiger partial charge in [-0.15, -0.1) is 0 Å². The van der Waals surface area contributed by atoms with Gasteiger partial charge in [0.2, 0.25) is 0 Å². The molecular formula is C16H11BrFNO4S. The van der Waals surface area contributed by atoms with Crippen LogP contribution in [0.2, 0.25) is 0 Å². The van der Waals surface area contributed by atoms with E-state index in [0.717, 1.165) is 16.7 Å². The number of nitrogens with zero attached hydrogens (tertiary/aromatic N) is 1. The highest BCUT2D eigenvalue weighted by molar-refractivity contribution is 9.10. The standard InChI is InChI=1S/C16H11BrFNO4S/c17-14-6-5-12(23-14)9-13-15(20)19(16(21)24-13)7-8-22-11-3-1-10(18)2-4-11/h1-6,9H,7-8H2. The number of ether oxygens (including phenoxy) is 1. The molecule has 3 rings (SSSR count). The number of imide groups is 1. The largest absolute Gasteiger partial charge is 0.492 e. The molecule has 0 aliphatic carbocycles. The second-order valence-electron chi connectivity index (χ2n) is 4.78. The molecule has 1 aliphatic rings. The van der Waals surface area contributed by atoms with E-state index in [1.165, 1.54) is 30.3 Å². The van der Waals surface area contributed by atoms with Crippen molar-refractivity contribution in [3.8, 4) is 5.75 Å². The maximum absolute atomic E-state index is 12.8. The third-order valence-electron chi connectivity index (χ3n) is 3.14. The fourth-order valence-corrected chi connectivity index (χ4v) is 3.18. The molecule has 8 heteroatoms. The van der Waals surface area contributed by atoms with Crippen molar-refractivity contribution in [3.63, 3.8) is 0 Å². The highest BCUT2D eigenvalue weighted by Crippen LogP contribution is 2.32. The Kier molecular flexibility index (Phi) is 5.06. The molecule has 2 heterocycles. The van der Waals surface area contributed by atoms with E-state index in [1.807, 2.05) is 0 Å². The molecule has 0 N–H and O–H groups in total. The van der Waals surface area contributed by atoms with Crippen molar-refractivity contribution >= 4 is 44.9 Å². The van der Waals surface area contributed by atoms with Gasteiger partial charge in [0.05, 0.1) is 11.4 Å². The van der Waals surface area contributed by atoms with Crippen molar-refractivity contribution in [2.24, 2.45) is 0 Å². The highest BCUT2D eigenvalue weighted by Gasteiger charge is 2.35. The van der Waals surface area contributed by atoms with Crippen LogP contribution >= 0.6 is 27.7 Å². The first-order valence-electron chi connectivity index (χ1n) is 6.92. The molecule has 24 heavy (non-hydrogen) atoms. The van der Waals surface area contributed by atoms with Crippen LogP contribution in [0.4, 0.5) is 9.18 Å². The van der Waals surface area contributed by atoms with Crippen LogP contribution in [-0.2, 0) is 4.79 Å². The molecule has 1 saturated heterocycles. The van der Waals surface area contributed by atoms with E-state index in [0.29, 0.717) is 21.1 Å². The second-order valence-corrected chi connectivity index (χ2v) is 6.55. The summed E-state index contributed by atoms with van der Waals surface area (Å²) in [6, 6.07) is 8.91. The number of thioether (sulfide) groups is 1. The van der Waals surface area contributed by atoms with Crippen molar-refractivity contribution < 1.29 is 23.1 Å². The lowest BCUT2D eigenvalue weighted by Crippen LogP contribution is -2.32. The second kappa shape index (κ2) is 7.23. The fraction of sp³-hybridized carbons (Fsp3) is 0.125. The van der Waals surface area contributed by atoms with Crippen LogP contribution in [0, 0.1) is 5.82 Å². The molecule has 1 aromatic heterocycles. The molecule has 0 saturated carbocycles. The van der Waals surface area contributed by atoms with Crippen LogP contribution in [0.1, 0.15) is 5.76 Å². The summed E-state index contributed by atoms with van der Waals surface area (Å²) in [5, 5.41) is -0.362. The third-order valence-corrected chi connectivity index (χ3v) is 4.47. The Hall–Kier alpha value is -2.06. The smallest absolute Gasteiger partial charge is 0.293 e. The third kappa shape index (κ3) is 3.88. The van der Waals surface area contributed by atoms with Crippen molar-refractivity contribution in [1.29, 1.82) is 0 Å². The Labute approximate surface area is 149 Å². The molecule has 2 amide bonds. The van der Waals surface area contributed by atoms with Crippen LogP contribution in [0.25, 0.3) is 6.08 Å². The van der Waals surface area contributed by atoms with Gasteiger partial charge in [-0.2, -0.15) is 0 Å². The predicted molar refractivity (Wildman–Crippen MR) is 91.0 cm³/mol. The average Bonchev–Trinajstić information content (AvgIpc) is 3.07. The first-order chi connectivity index (χ1) is 11.5. The van der Waals surface area contributed by atoms with Gasteiger partial charge in [0, 0.05) is 6.08 Å². The summed E-state index contributed by atoms with van der Waals surface area (Å²) in [5.74, 6) is 0.206. The van der Waals surface area contributed by atoms with Gasteiger partial charge < -0.3 is 9.15 Å². The molecule has 0 bridgehead atoms. The van der Waals surface area contributed by atoms with Crippen molar-refractivity contribution in [2.45, 2.75) is 0 Å². The Morgan fingerprint density at radius 1 is 1.21 bits per heavy atom. The van der Waals surface area contributed by atoms with Gasteiger partial charge in [-0.05, 0) is 64.1 Å². The minimum absolute atomic E-state index is 0.112.